The molecule has 118 valence electrons. The molecule has 2 amide bonds. The van der Waals surface area contributed by atoms with Crippen molar-refractivity contribution in [2.45, 2.75) is 26.3 Å². The van der Waals surface area contributed by atoms with Crippen molar-refractivity contribution < 1.29 is 9.59 Å². The highest BCUT2D eigenvalue weighted by Gasteiger charge is 2.17. The van der Waals surface area contributed by atoms with Crippen molar-refractivity contribution >= 4 is 24.2 Å². The maximum Gasteiger partial charge on any atom is 0.239 e. The summed E-state index contributed by atoms with van der Waals surface area (Å²) < 4.78 is 0. The van der Waals surface area contributed by atoms with Crippen LogP contribution < -0.4 is 16.4 Å². The first-order chi connectivity index (χ1) is 9.50. The Morgan fingerprint density at radius 3 is 2.33 bits per heavy atom. The second-order valence-corrected chi connectivity index (χ2v) is 5.07. The van der Waals surface area contributed by atoms with Gasteiger partial charge in [0.2, 0.25) is 11.8 Å². The van der Waals surface area contributed by atoms with Crippen LogP contribution in [0.5, 0.6) is 0 Å². The SMILES string of the molecule is CC(C)[C@H](N)C(=O)NCC(=O)NCCc1ccccc1.Cl. The summed E-state index contributed by atoms with van der Waals surface area (Å²) in [7, 11) is 0. The molecule has 21 heavy (non-hydrogen) atoms. The zero-order valence-corrected chi connectivity index (χ0v) is 13.3. The van der Waals surface area contributed by atoms with Gasteiger partial charge in [0.25, 0.3) is 0 Å². The first-order valence-corrected chi connectivity index (χ1v) is 6.84. The number of amides is 2. The molecule has 1 atom stereocenters. The molecule has 1 aromatic carbocycles. The Labute approximate surface area is 132 Å². The fraction of sp³-hybridized carbons (Fsp3) is 0.467. The summed E-state index contributed by atoms with van der Waals surface area (Å²) in [5.74, 6) is -0.445. The van der Waals surface area contributed by atoms with Crippen molar-refractivity contribution in [1.82, 2.24) is 10.6 Å². The van der Waals surface area contributed by atoms with Crippen LogP contribution in [0.15, 0.2) is 30.3 Å². The van der Waals surface area contributed by atoms with Gasteiger partial charge < -0.3 is 16.4 Å². The van der Waals surface area contributed by atoms with Crippen molar-refractivity contribution in [3.8, 4) is 0 Å². The van der Waals surface area contributed by atoms with E-state index in [2.05, 4.69) is 10.6 Å². The normalized spacial score (nSPS) is 11.4. The molecule has 0 aliphatic rings. The van der Waals surface area contributed by atoms with Crippen LogP contribution >= 0.6 is 12.4 Å². The van der Waals surface area contributed by atoms with E-state index in [-0.39, 0.29) is 36.7 Å². The van der Waals surface area contributed by atoms with Gasteiger partial charge in [0.1, 0.15) is 0 Å². The van der Waals surface area contributed by atoms with Gasteiger partial charge in [-0.25, -0.2) is 0 Å². The maximum atomic E-state index is 11.6. The number of nitrogens with two attached hydrogens (primary N) is 1. The third-order valence-corrected chi connectivity index (χ3v) is 3.02. The minimum absolute atomic E-state index is 0. The van der Waals surface area contributed by atoms with Crippen molar-refractivity contribution in [2.24, 2.45) is 11.7 Å². The molecule has 0 spiro atoms. The largest absolute Gasteiger partial charge is 0.354 e. The van der Waals surface area contributed by atoms with Gasteiger partial charge in [-0.05, 0) is 17.9 Å². The van der Waals surface area contributed by atoms with Crippen LogP contribution in [0.1, 0.15) is 19.4 Å². The van der Waals surface area contributed by atoms with E-state index in [1.54, 1.807) is 0 Å². The van der Waals surface area contributed by atoms with E-state index in [0.29, 0.717) is 6.54 Å². The molecule has 0 heterocycles. The van der Waals surface area contributed by atoms with Gasteiger partial charge in [-0.3, -0.25) is 9.59 Å². The summed E-state index contributed by atoms with van der Waals surface area (Å²) in [4.78, 5) is 23.1. The molecule has 1 aromatic rings. The summed E-state index contributed by atoms with van der Waals surface area (Å²) >= 11 is 0. The zero-order chi connectivity index (χ0) is 15.0. The second-order valence-electron chi connectivity index (χ2n) is 5.07. The predicted octanol–water partition coefficient (Wildman–Crippen LogP) is 0.867. The van der Waals surface area contributed by atoms with Gasteiger partial charge in [0, 0.05) is 6.54 Å². The molecule has 0 aromatic heterocycles. The van der Waals surface area contributed by atoms with Crippen LogP contribution in [0.25, 0.3) is 0 Å². The van der Waals surface area contributed by atoms with E-state index in [1.807, 2.05) is 44.2 Å². The quantitative estimate of drug-likeness (QED) is 0.698. The molecular formula is C15H24ClN3O2. The number of rotatable bonds is 7. The zero-order valence-electron chi connectivity index (χ0n) is 12.5. The molecule has 1 rings (SSSR count). The van der Waals surface area contributed by atoms with Gasteiger partial charge in [0.05, 0.1) is 12.6 Å². The monoisotopic (exact) mass is 313 g/mol. The minimum atomic E-state index is -0.577. The summed E-state index contributed by atoms with van der Waals surface area (Å²) in [6, 6.07) is 9.32. The Morgan fingerprint density at radius 1 is 1.14 bits per heavy atom. The van der Waals surface area contributed by atoms with Crippen LogP contribution in [-0.4, -0.2) is 30.9 Å². The molecule has 0 saturated carbocycles. The number of benzene rings is 1. The summed E-state index contributed by atoms with van der Waals surface area (Å²) in [5, 5.41) is 5.30. The lowest BCUT2D eigenvalue weighted by Crippen LogP contribution is -2.47. The summed E-state index contributed by atoms with van der Waals surface area (Å²) in [6.07, 6.45) is 0.770. The molecule has 0 aliphatic carbocycles. The molecule has 0 fully saturated rings. The molecule has 0 bridgehead atoms. The van der Waals surface area contributed by atoms with Gasteiger partial charge in [-0.2, -0.15) is 0 Å². The highest BCUT2D eigenvalue weighted by Crippen LogP contribution is 1.98. The van der Waals surface area contributed by atoms with Crippen LogP contribution in [-0.2, 0) is 16.0 Å². The maximum absolute atomic E-state index is 11.6. The Bertz CT molecular complexity index is 438. The van der Waals surface area contributed by atoms with E-state index >= 15 is 0 Å². The van der Waals surface area contributed by atoms with Gasteiger partial charge in [0.15, 0.2) is 0 Å². The lowest BCUT2D eigenvalue weighted by molar-refractivity contribution is -0.127. The lowest BCUT2D eigenvalue weighted by Gasteiger charge is -2.15. The molecule has 0 radical (unpaired) electrons. The minimum Gasteiger partial charge on any atom is -0.354 e. The lowest BCUT2D eigenvalue weighted by atomic mass is 10.1. The van der Waals surface area contributed by atoms with Crippen molar-refractivity contribution in [1.29, 1.82) is 0 Å². The third-order valence-electron chi connectivity index (χ3n) is 3.02. The van der Waals surface area contributed by atoms with Crippen molar-refractivity contribution in [3.05, 3.63) is 35.9 Å². The molecular weight excluding hydrogens is 290 g/mol. The van der Waals surface area contributed by atoms with Crippen molar-refractivity contribution in [3.63, 3.8) is 0 Å². The van der Waals surface area contributed by atoms with E-state index in [9.17, 15) is 9.59 Å². The second kappa shape index (κ2) is 10.2. The number of carbonyl (C=O) groups is 2. The molecule has 4 N–H and O–H groups in total. The fourth-order valence-corrected chi connectivity index (χ4v) is 1.64. The van der Waals surface area contributed by atoms with Crippen LogP contribution in [0, 0.1) is 5.92 Å². The Kier molecular flexibility index (Phi) is 9.41. The Balaban J connectivity index is 0.00000400. The fourth-order valence-electron chi connectivity index (χ4n) is 1.64. The average molecular weight is 314 g/mol. The van der Waals surface area contributed by atoms with E-state index in [1.165, 1.54) is 5.56 Å². The Hall–Kier alpha value is -1.59. The number of hydrogen-bond donors (Lipinski definition) is 3. The standard InChI is InChI=1S/C15H23N3O2.ClH/c1-11(2)14(16)15(20)18-10-13(19)17-9-8-12-6-4-3-5-7-12;/h3-7,11,14H,8-10,16H2,1-2H3,(H,17,19)(H,18,20);1H/t14-;/m0./s1. The molecule has 6 heteroatoms. The number of hydrogen-bond acceptors (Lipinski definition) is 3. The number of halogens is 1. The van der Waals surface area contributed by atoms with Crippen LogP contribution in [0.2, 0.25) is 0 Å². The van der Waals surface area contributed by atoms with E-state index in [4.69, 9.17) is 5.73 Å². The predicted molar refractivity (Wildman–Crippen MR) is 86.2 cm³/mol. The third kappa shape index (κ3) is 7.68. The van der Waals surface area contributed by atoms with E-state index < -0.39 is 6.04 Å². The molecule has 0 unspecified atom stereocenters. The molecule has 0 aliphatic heterocycles. The summed E-state index contributed by atoms with van der Waals surface area (Å²) in [5.41, 5.74) is 6.84. The van der Waals surface area contributed by atoms with Crippen molar-refractivity contribution in [2.75, 3.05) is 13.1 Å². The number of carbonyl (C=O) groups excluding carboxylic acids is 2. The molecule has 0 saturated heterocycles. The first-order valence-electron chi connectivity index (χ1n) is 6.84. The highest BCUT2D eigenvalue weighted by atomic mass is 35.5. The van der Waals surface area contributed by atoms with E-state index in [0.717, 1.165) is 6.42 Å². The van der Waals surface area contributed by atoms with Gasteiger partial charge >= 0.3 is 0 Å². The van der Waals surface area contributed by atoms with Gasteiger partial charge in [-0.1, -0.05) is 44.2 Å². The van der Waals surface area contributed by atoms with Gasteiger partial charge in [-0.15, -0.1) is 12.4 Å². The molecule has 5 nitrogen and oxygen atoms in total. The average Bonchev–Trinajstić information content (AvgIpc) is 2.45. The van der Waals surface area contributed by atoms with Crippen LogP contribution in [0.4, 0.5) is 0 Å². The van der Waals surface area contributed by atoms with Crippen LogP contribution in [0.3, 0.4) is 0 Å². The number of nitrogens with one attached hydrogen (secondary N) is 2. The topological polar surface area (TPSA) is 84.2 Å². The Morgan fingerprint density at radius 2 is 1.76 bits per heavy atom. The highest BCUT2D eigenvalue weighted by molar-refractivity contribution is 5.87. The smallest absolute Gasteiger partial charge is 0.239 e. The summed E-state index contributed by atoms with van der Waals surface area (Å²) in [6.45, 7) is 4.25. The first kappa shape index (κ1) is 19.4.